The van der Waals surface area contributed by atoms with E-state index in [1.807, 2.05) is 29.2 Å². The van der Waals surface area contributed by atoms with Crippen molar-refractivity contribution in [3.05, 3.63) is 35.3 Å². The Balaban J connectivity index is 1.30. The fourth-order valence-electron chi connectivity index (χ4n) is 4.32. The third kappa shape index (κ3) is 4.96. The largest absolute Gasteiger partial charge is 0.338 e. The zero-order valence-electron chi connectivity index (χ0n) is 16.0. The fourth-order valence-corrected chi connectivity index (χ4v) is 5.19. The van der Waals surface area contributed by atoms with Crippen molar-refractivity contribution >= 4 is 33.5 Å². The smallest absolute Gasteiger partial charge is 0.246 e. The Labute approximate surface area is 165 Å². The zero-order valence-corrected chi connectivity index (χ0v) is 16.8. The molecular weight excluding hydrogens is 354 g/mol. The lowest BCUT2D eigenvalue weighted by Gasteiger charge is -2.28. The van der Waals surface area contributed by atoms with Gasteiger partial charge in [0.2, 0.25) is 5.91 Å². The summed E-state index contributed by atoms with van der Waals surface area (Å²) >= 11 is 1.63. The highest BCUT2D eigenvalue weighted by molar-refractivity contribution is 7.19. The molecule has 0 radical (unpaired) electrons. The molecule has 1 saturated heterocycles. The first-order valence-electron chi connectivity index (χ1n) is 10.3. The number of fused-ring (bicyclic) bond motifs is 1. The molecule has 0 spiro atoms. The predicted molar refractivity (Wildman–Crippen MR) is 113 cm³/mol. The van der Waals surface area contributed by atoms with Crippen molar-refractivity contribution in [3.8, 4) is 0 Å². The van der Waals surface area contributed by atoms with Gasteiger partial charge >= 0.3 is 0 Å². The van der Waals surface area contributed by atoms with Crippen molar-refractivity contribution < 1.29 is 4.79 Å². The molecule has 4 nitrogen and oxygen atoms in total. The lowest BCUT2D eigenvalue weighted by molar-refractivity contribution is -0.125. The molecule has 5 heteroatoms. The van der Waals surface area contributed by atoms with E-state index in [2.05, 4.69) is 16.0 Å². The molecule has 4 rings (SSSR count). The van der Waals surface area contributed by atoms with Gasteiger partial charge in [-0.05, 0) is 49.9 Å². The van der Waals surface area contributed by atoms with Crippen LogP contribution >= 0.6 is 11.3 Å². The molecule has 0 bridgehead atoms. The summed E-state index contributed by atoms with van der Waals surface area (Å²) in [4.78, 5) is 21.8. The van der Waals surface area contributed by atoms with Crippen molar-refractivity contribution in [2.24, 2.45) is 5.92 Å². The highest BCUT2D eigenvalue weighted by atomic mass is 32.1. The molecule has 2 aliphatic rings. The highest BCUT2D eigenvalue weighted by Crippen LogP contribution is 2.25. The number of carbonyl (C=O) groups excluding carboxylic acids is 1. The number of thiazole rings is 1. The van der Waals surface area contributed by atoms with E-state index < -0.39 is 0 Å². The van der Waals surface area contributed by atoms with Gasteiger partial charge in [0.1, 0.15) is 5.01 Å². The average Bonchev–Trinajstić information content (AvgIpc) is 2.98. The number of aromatic nitrogens is 1. The Morgan fingerprint density at radius 3 is 2.78 bits per heavy atom. The first-order chi connectivity index (χ1) is 13.3. The highest BCUT2D eigenvalue weighted by Gasteiger charge is 2.21. The Hall–Kier alpha value is -1.72. The first kappa shape index (κ1) is 18.6. The number of hydrogen-bond donors (Lipinski definition) is 0. The van der Waals surface area contributed by atoms with Gasteiger partial charge < -0.3 is 9.80 Å². The SMILES string of the molecule is O=C(/C=C/c1nc2ccccc2s1)N1CCCN(CC2CCCCC2)CC1. The number of hydrogen-bond acceptors (Lipinski definition) is 4. The first-order valence-corrected chi connectivity index (χ1v) is 11.1. The van der Waals surface area contributed by atoms with Crippen molar-refractivity contribution in [3.63, 3.8) is 0 Å². The quantitative estimate of drug-likeness (QED) is 0.733. The monoisotopic (exact) mass is 383 g/mol. The lowest BCUT2D eigenvalue weighted by Crippen LogP contribution is -2.36. The molecule has 1 aliphatic heterocycles. The Morgan fingerprint density at radius 2 is 1.93 bits per heavy atom. The van der Waals surface area contributed by atoms with Crippen LogP contribution in [0.2, 0.25) is 0 Å². The molecule has 1 saturated carbocycles. The van der Waals surface area contributed by atoms with Crippen molar-refractivity contribution in [2.75, 3.05) is 32.7 Å². The fraction of sp³-hybridized carbons (Fsp3) is 0.545. The third-order valence-corrected chi connectivity index (χ3v) is 6.82. The van der Waals surface area contributed by atoms with Crippen LogP contribution in [-0.4, -0.2) is 53.4 Å². The second-order valence-electron chi connectivity index (χ2n) is 7.84. The molecule has 1 aromatic heterocycles. The van der Waals surface area contributed by atoms with Gasteiger partial charge in [-0.1, -0.05) is 31.4 Å². The minimum Gasteiger partial charge on any atom is -0.338 e. The molecule has 2 aromatic rings. The van der Waals surface area contributed by atoms with E-state index >= 15 is 0 Å². The molecule has 1 aromatic carbocycles. The van der Waals surface area contributed by atoms with Gasteiger partial charge in [-0.2, -0.15) is 0 Å². The number of para-hydroxylation sites is 1. The summed E-state index contributed by atoms with van der Waals surface area (Å²) in [7, 11) is 0. The summed E-state index contributed by atoms with van der Waals surface area (Å²) < 4.78 is 1.16. The van der Waals surface area contributed by atoms with Crippen LogP contribution in [0.1, 0.15) is 43.5 Å². The Kier molecular flexibility index (Phi) is 6.20. The van der Waals surface area contributed by atoms with Crippen molar-refractivity contribution in [1.29, 1.82) is 0 Å². The van der Waals surface area contributed by atoms with Gasteiger partial charge in [0.25, 0.3) is 0 Å². The van der Waals surface area contributed by atoms with Crippen LogP contribution in [0.5, 0.6) is 0 Å². The number of carbonyl (C=O) groups is 1. The predicted octanol–water partition coefficient (Wildman–Crippen LogP) is 4.42. The molecular formula is C22H29N3OS. The van der Waals surface area contributed by atoms with Gasteiger partial charge in [-0.3, -0.25) is 4.79 Å². The molecule has 144 valence electrons. The minimum atomic E-state index is 0.119. The molecule has 2 heterocycles. The number of nitrogens with zero attached hydrogens (tertiary/aromatic N) is 3. The van der Waals surface area contributed by atoms with Crippen LogP contribution in [0.4, 0.5) is 0 Å². The van der Waals surface area contributed by atoms with Crippen molar-refractivity contribution in [2.45, 2.75) is 38.5 Å². The van der Waals surface area contributed by atoms with Gasteiger partial charge in [0.05, 0.1) is 10.2 Å². The van der Waals surface area contributed by atoms with Gasteiger partial charge in [0, 0.05) is 32.3 Å². The maximum absolute atomic E-state index is 12.6. The molecule has 0 atom stereocenters. The van der Waals surface area contributed by atoms with Gasteiger partial charge in [-0.15, -0.1) is 11.3 Å². The van der Waals surface area contributed by atoms with E-state index in [1.165, 1.54) is 38.6 Å². The second kappa shape index (κ2) is 8.98. The maximum atomic E-state index is 12.6. The summed E-state index contributed by atoms with van der Waals surface area (Å²) in [5, 5.41) is 0.901. The summed E-state index contributed by atoms with van der Waals surface area (Å²) in [6, 6.07) is 8.11. The molecule has 2 fully saturated rings. The van der Waals surface area contributed by atoms with E-state index in [9.17, 15) is 4.79 Å². The van der Waals surface area contributed by atoms with E-state index in [4.69, 9.17) is 0 Å². The molecule has 27 heavy (non-hydrogen) atoms. The van der Waals surface area contributed by atoms with Crippen LogP contribution in [-0.2, 0) is 4.79 Å². The number of rotatable bonds is 4. The minimum absolute atomic E-state index is 0.119. The van der Waals surface area contributed by atoms with Crippen LogP contribution in [0.15, 0.2) is 30.3 Å². The number of amides is 1. The van der Waals surface area contributed by atoms with Crippen LogP contribution in [0.25, 0.3) is 16.3 Å². The van der Waals surface area contributed by atoms with E-state index in [-0.39, 0.29) is 5.91 Å². The summed E-state index contributed by atoms with van der Waals surface area (Å²) in [5.41, 5.74) is 1.00. The topological polar surface area (TPSA) is 36.4 Å². The lowest BCUT2D eigenvalue weighted by atomic mass is 9.89. The molecule has 0 unspecified atom stereocenters. The number of benzene rings is 1. The Morgan fingerprint density at radius 1 is 1.07 bits per heavy atom. The Bertz CT molecular complexity index is 761. The van der Waals surface area contributed by atoms with E-state index in [1.54, 1.807) is 17.4 Å². The zero-order chi connectivity index (χ0) is 18.5. The van der Waals surface area contributed by atoms with Crippen LogP contribution < -0.4 is 0 Å². The van der Waals surface area contributed by atoms with Crippen LogP contribution in [0, 0.1) is 5.92 Å². The van der Waals surface area contributed by atoms with E-state index in [0.717, 1.165) is 53.7 Å². The summed E-state index contributed by atoms with van der Waals surface area (Å²) in [6.45, 7) is 5.07. The van der Waals surface area contributed by atoms with E-state index in [0.29, 0.717) is 0 Å². The maximum Gasteiger partial charge on any atom is 0.246 e. The molecule has 1 aliphatic carbocycles. The standard InChI is InChI=1S/C22H29N3OS/c26-22(12-11-21-23-19-9-4-5-10-20(19)27-21)25-14-6-13-24(15-16-25)17-18-7-2-1-3-8-18/h4-5,9-12,18H,1-3,6-8,13-17H2/b12-11+. The van der Waals surface area contributed by atoms with Crippen LogP contribution in [0.3, 0.4) is 0 Å². The summed E-state index contributed by atoms with van der Waals surface area (Å²) in [6.07, 6.45) is 11.7. The molecule has 1 amide bonds. The van der Waals surface area contributed by atoms with Gasteiger partial charge in [0.15, 0.2) is 0 Å². The van der Waals surface area contributed by atoms with Crippen molar-refractivity contribution in [1.82, 2.24) is 14.8 Å². The summed E-state index contributed by atoms with van der Waals surface area (Å²) in [5.74, 6) is 0.994. The van der Waals surface area contributed by atoms with Gasteiger partial charge in [-0.25, -0.2) is 4.98 Å². The molecule has 0 N–H and O–H groups in total. The second-order valence-corrected chi connectivity index (χ2v) is 8.90. The normalized spacial score (nSPS) is 20.4. The average molecular weight is 384 g/mol. The third-order valence-electron chi connectivity index (χ3n) is 5.82.